The number of alkyl halides is 2. The number of hydrogen-bond acceptors (Lipinski definition) is 4. The molecular formula is C18H17Br2Cl2NO3. The molecule has 2 atom stereocenters. The molecule has 0 spiro atoms. The van der Waals surface area contributed by atoms with Gasteiger partial charge < -0.3 is 15.2 Å². The van der Waals surface area contributed by atoms with Crippen molar-refractivity contribution in [2.75, 3.05) is 14.2 Å². The minimum Gasteiger partial charge on any atom is -0.496 e. The minimum atomic E-state index is -1.40. The number of nitrogens with two attached hydrogens (primary N) is 1. The monoisotopic (exact) mass is 523 g/mol. The average molecular weight is 526 g/mol. The maximum Gasteiger partial charge on any atom is 0.159 e. The van der Waals surface area contributed by atoms with Crippen LogP contribution < -0.4 is 15.2 Å². The molecule has 140 valence electrons. The summed E-state index contributed by atoms with van der Waals surface area (Å²) in [7, 11) is 3.08. The molecule has 26 heavy (non-hydrogen) atoms. The molecule has 4 nitrogen and oxygen atoms in total. The first kappa shape index (κ1) is 21.5. The number of Topliss-reactive ketones (excluding diaryl/α,β-unsaturated/α-hetero) is 1. The molecule has 0 radical (unpaired) electrons. The standard InChI is InChI=1S/C18H17Br2Cl2NO3/c1-9(24)10-4-5-15(25-2)12(6-10)16(18(20,22)23)13-7-11(21)8-14(19)17(13)26-3/h4-8,16H,23H2,1-3H3. The molecule has 0 saturated carbocycles. The molecule has 0 saturated heterocycles. The van der Waals surface area contributed by atoms with E-state index in [-0.39, 0.29) is 5.78 Å². The highest BCUT2D eigenvalue weighted by Crippen LogP contribution is 2.49. The van der Waals surface area contributed by atoms with E-state index in [1.807, 2.05) is 0 Å². The molecule has 0 aromatic heterocycles. The Morgan fingerprint density at radius 3 is 2.35 bits per heavy atom. The van der Waals surface area contributed by atoms with Crippen LogP contribution >= 0.6 is 55.1 Å². The van der Waals surface area contributed by atoms with Gasteiger partial charge in [0.2, 0.25) is 0 Å². The van der Waals surface area contributed by atoms with Crippen LogP contribution in [-0.2, 0) is 0 Å². The molecule has 0 bridgehead atoms. The molecule has 0 heterocycles. The Morgan fingerprint density at radius 2 is 1.85 bits per heavy atom. The van der Waals surface area contributed by atoms with Crippen LogP contribution in [0.2, 0.25) is 5.02 Å². The first-order chi connectivity index (χ1) is 12.1. The lowest BCUT2D eigenvalue weighted by Gasteiger charge is -2.30. The first-order valence-corrected chi connectivity index (χ1v) is 9.82. The summed E-state index contributed by atoms with van der Waals surface area (Å²) in [6.07, 6.45) is 0. The Bertz CT molecular complexity index is 838. The molecular weight excluding hydrogens is 509 g/mol. The van der Waals surface area contributed by atoms with Gasteiger partial charge in [-0.1, -0.05) is 23.2 Å². The summed E-state index contributed by atoms with van der Waals surface area (Å²) in [6, 6.07) is 8.55. The Hall–Kier alpha value is -0.790. The Kier molecular flexibility index (Phi) is 7.02. The number of carbonyl (C=O) groups excluding carboxylic acids is 1. The fourth-order valence-electron chi connectivity index (χ4n) is 2.77. The molecule has 0 aliphatic carbocycles. The highest BCUT2D eigenvalue weighted by molar-refractivity contribution is 9.10. The fourth-order valence-corrected chi connectivity index (χ4v) is 4.50. The van der Waals surface area contributed by atoms with Crippen LogP contribution in [0, 0.1) is 0 Å². The van der Waals surface area contributed by atoms with Gasteiger partial charge in [-0.25, -0.2) is 0 Å². The van der Waals surface area contributed by atoms with Gasteiger partial charge in [-0.05, 0) is 69.1 Å². The van der Waals surface area contributed by atoms with Crippen molar-refractivity contribution in [2.45, 2.75) is 16.7 Å². The Balaban J connectivity index is 2.84. The number of hydrogen-bond donors (Lipinski definition) is 1. The zero-order valence-electron chi connectivity index (χ0n) is 14.3. The van der Waals surface area contributed by atoms with Gasteiger partial charge in [0.05, 0.1) is 24.6 Å². The summed E-state index contributed by atoms with van der Waals surface area (Å²) in [4.78, 5) is 11.9. The quantitative estimate of drug-likeness (QED) is 0.298. The van der Waals surface area contributed by atoms with Gasteiger partial charge >= 0.3 is 0 Å². The van der Waals surface area contributed by atoms with Crippen molar-refractivity contribution in [1.82, 2.24) is 0 Å². The zero-order valence-corrected chi connectivity index (χ0v) is 19.0. The van der Waals surface area contributed by atoms with Gasteiger partial charge in [0.1, 0.15) is 11.5 Å². The number of halogens is 4. The van der Waals surface area contributed by atoms with Crippen molar-refractivity contribution in [2.24, 2.45) is 5.73 Å². The van der Waals surface area contributed by atoms with Crippen molar-refractivity contribution in [3.63, 3.8) is 0 Å². The highest BCUT2D eigenvalue weighted by Gasteiger charge is 2.38. The van der Waals surface area contributed by atoms with Gasteiger partial charge in [0.25, 0.3) is 0 Å². The molecule has 0 amide bonds. The molecule has 2 aromatic rings. The second kappa shape index (κ2) is 8.48. The summed E-state index contributed by atoms with van der Waals surface area (Å²) in [5.74, 6) is 0.347. The molecule has 2 unspecified atom stereocenters. The van der Waals surface area contributed by atoms with Crippen LogP contribution in [-0.4, -0.2) is 23.9 Å². The van der Waals surface area contributed by atoms with Gasteiger partial charge in [-0.2, -0.15) is 0 Å². The van der Waals surface area contributed by atoms with E-state index in [1.54, 1.807) is 37.4 Å². The number of benzene rings is 2. The van der Waals surface area contributed by atoms with E-state index >= 15 is 0 Å². The number of ether oxygens (including phenoxy) is 2. The predicted octanol–water partition coefficient (Wildman–Crippen LogP) is 5.70. The van der Waals surface area contributed by atoms with Crippen molar-refractivity contribution in [1.29, 1.82) is 0 Å². The van der Waals surface area contributed by atoms with Crippen molar-refractivity contribution < 1.29 is 14.3 Å². The smallest absolute Gasteiger partial charge is 0.159 e. The third-order valence-electron chi connectivity index (χ3n) is 3.88. The number of ketones is 1. The van der Waals surface area contributed by atoms with Crippen LogP contribution in [0.3, 0.4) is 0 Å². The Labute approximate surface area is 179 Å². The molecule has 2 N–H and O–H groups in total. The number of methoxy groups -OCH3 is 2. The van der Waals surface area contributed by atoms with Crippen LogP contribution in [0.15, 0.2) is 34.8 Å². The molecule has 2 aromatic carbocycles. The summed E-state index contributed by atoms with van der Waals surface area (Å²) in [5, 5.41) is 0.479. The number of carbonyl (C=O) groups is 1. The van der Waals surface area contributed by atoms with Crippen LogP contribution in [0.4, 0.5) is 0 Å². The van der Waals surface area contributed by atoms with Crippen molar-refractivity contribution >= 4 is 60.8 Å². The third kappa shape index (κ3) is 4.54. The maximum atomic E-state index is 11.9. The average Bonchev–Trinajstić information content (AvgIpc) is 2.53. The largest absolute Gasteiger partial charge is 0.496 e. The summed E-state index contributed by atoms with van der Waals surface area (Å²) in [6.45, 7) is 1.49. The van der Waals surface area contributed by atoms with Gasteiger partial charge in [0, 0.05) is 21.7 Å². The van der Waals surface area contributed by atoms with Crippen LogP contribution in [0.25, 0.3) is 0 Å². The molecule has 0 aliphatic rings. The normalized spacial score (nSPS) is 14.5. The summed E-state index contributed by atoms with van der Waals surface area (Å²) >= 11 is 19.5. The minimum absolute atomic E-state index is 0.0846. The van der Waals surface area contributed by atoms with E-state index in [1.165, 1.54) is 14.0 Å². The van der Waals surface area contributed by atoms with Gasteiger partial charge in [-0.3, -0.25) is 4.79 Å². The summed E-state index contributed by atoms with van der Waals surface area (Å²) < 4.78 is 10.3. The topological polar surface area (TPSA) is 61.5 Å². The second-order valence-electron chi connectivity index (χ2n) is 5.63. The summed E-state index contributed by atoms with van der Waals surface area (Å²) in [5.41, 5.74) is 8.02. The van der Waals surface area contributed by atoms with E-state index in [0.29, 0.717) is 37.7 Å². The van der Waals surface area contributed by atoms with E-state index in [0.717, 1.165) is 0 Å². The van der Waals surface area contributed by atoms with E-state index < -0.39 is 9.83 Å². The molecule has 2 rings (SSSR count). The SMILES string of the molecule is COc1ccc(C(C)=O)cc1C(c1cc(Cl)cc(Br)c1OC)C(N)(Cl)Br. The molecule has 0 fully saturated rings. The van der Waals surface area contributed by atoms with E-state index in [2.05, 4.69) is 31.9 Å². The second-order valence-corrected chi connectivity index (χ2v) is 9.32. The van der Waals surface area contributed by atoms with Crippen molar-refractivity contribution in [3.05, 3.63) is 56.5 Å². The lowest BCUT2D eigenvalue weighted by Crippen LogP contribution is -2.34. The van der Waals surface area contributed by atoms with Crippen molar-refractivity contribution in [3.8, 4) is 11.5 Å². The van der Waals surface area contributed by atoms with Crippen LogP contribution in [0.1, 0.15) is 34.3 Å². The van der Waals surface area contributed by atoms with E-state index in [9.17, 15) is 4.79 Å². The molecule has 0 aliphatic heterocycles. The van der Waals surface area contributed by atoms with E-state index in [4.69, 9.17) is 38.4 Å². The van der Waals surface area contributed by atoms with Gasteiger partial charge in [-0.15, -0.1) is 0 Å². The maximum absolute atomic E-state index is 11.9. The lowest BCUT2D eigenvalue weighted by atomic mass is 9.88. The molecule has 8 heteroatoms. The third-order valence-corrected chi connectivity index (χ3v) is 5.37. The number of rotatable bonds is 6. The predicted molar refractivity (Wildman–Crippen MR) is 112 cm³/mol. The Morgan fingerprint density at radius 1 is 1.19 bits per heavy atom. The lowest BCUT2D eigenvalue weighted by molar-refractivity contribution is 0.101. The van der Waals surface area contributed by atoms with Crippen LogP contribution in [0.5, 0.6) is 11.5 Å². The van der Waals surface area contributed by atoms with Gasteiger partial charge in [0.15, 0.2) is 9.69 Å². The zero-order chi connectivity index (χ0) is 19.6. The fraction of sp³-hybridized carbons (Fsp3) is 0.278. The first-order valence-electron chi connectivity index (χ1n) is 7.48. The highest BCUT2D eigenvalue weighted by atomic mass is 79.9.